The minimum atomic E-state index is -0.273. The van der Waals surface area contributed by atoms with Crippen LogP contribution in [0.25, 0.3) is 0 Å². The summed E-state index contributed by atoms with van der Waals surface area (Å²) in [6.45, 7) is 11.0. The molecule has 0 bridgehead atoms. The predicted molar refractivity (Wildman–Crippen MR) is 112 cm³/mol. The highest BCUT2D eigenvalue weighted by Gasteiger charge is 2.46. The van der Waals surface area contributed by atoms with Gasteiger partial charge in [-0.1, -0.05) is 25.4 Å². The van der Waals surface area contributed by atoms with Gasteiger partial charge < -0.3 is 14.5 Å². The van der Waals surface area contributed by atoms with E-state index in [1.807, 2.05) is 11.0 Å². The third-order valence-electron chi connectivity index (χ3n) is 5.46. The lowest BCUT2D eigenvalue weighted by molar-refractivity contribution is -0.00101. The number of likely N-dealkylation sites (tertiary alicyclic amines) is 1. The summed E-state index contributed by atoms with van der Waals surface area (Å²) >= 11 is 7.68. The number of hydrogen-bond acceptors (Lipinski definition) is 5. The zero-order valence-corrected chi connectivity index (χ0v) is 18.3. The number of amides is 1. The largest absolute Gasteiger partial charge is 0.441 e. The van der Waals surface area contributed by atoms with E-state index in [9.17, 15) is 4.79 Å². The molecule has 1 amide bonds. The van der Waals surface area contributed by atoms with Crippen LogP contribution in [0.3, 0.4) is 0 Å². The van der Waals surface area contributed by atoms with Crippen LogP contribution in [0.2, 0.25) is 4.34 Å². The number of ether oxygens (including phenoxy) is 1. The lowest BCUT2D eigenvalue weighted by atomic mass is 9.91. The predicted octanol–water partition coefficient (Wildman–Crippen LogP) is 4.17. The molecule has 0 aliphatic carbocycles. The highest BCUT2D eigenvalue weighted by molar-refractivity contribution is 7.16. The summed E-state index contributed by atoms with van der Waals surface area (Å²) in [6.07, 6.45) is 2.71. The molecular weight excluding hydrogens is 382 g/mol. The summed E-state index contributed by atoms with van der Waals surface area (Å²) in [5, 5.41) is 0. The average Bonchev–Trinajstić information content (AvgIpc) is 3.13. The van der Waals surface area contributed by atoms with Crippen molar-refractivity contribution in [1.82, 2.24) is 14.7 Å². The Morgan fingerprint density at radius 2 is 2.07 bits per heavy atom. The van der Waals surface area contributed by atoms with Crippen molar-refractivity contribution in [3.8, 4) is 0 Å². The molecule has 2 saturated heterocycles. The number of piperidine rings is 1. The molecule has 3 heterocycles. The Kier molecular flexibility index (Phi) is 7.06. The van der Waals surface area contributed by atoms with Crippen molar-refractivity contribution in [1.29, 1.82) is 0 Å². The van der Waals surface area contributed by atoms with Crippen molar-refractivity contribution in [2.75, 3.05) is 46.3 Å². The Hall–Kier alpha value is -0.820. The second-order valence-electron chi connectivity index (χ2n) is 8.46. The molecular formula is C20H32ClN3O2S. The molecule has 0 atom stereocenters. The van der Waals surface area contributed by atoms with Gasteiger partial charge in [-0.25, -0.2) is 4.79 Å². The summed E-state index contributed by atoms with van der Waals surface area (Å²) < 4.78 is 6.70. The summed E-state index contributed by atoms with van der Waals surface area (Å²) in [4.78, 5) is 20.3. The van der Waals surface area contributed by atoms with Gasteiger partial charge in [0.05, 0.1) is 10.9 Å². The smallest absolute Gasteiger partial charge is 0.410 e. The number of hydrogen-bond donors (Lipinski definition) is 0. The van der Waals surface area contributed by atoms with Gasteiger partial charge in [-0.15, -0.1) is 11.3 Å². The number of nitrogens with zero attached hydrogens (tertiary/aromatic N) is 3. The van der Waals surface area contributed by atoms with Crippen LogP contribution in [-0.2, 0) is 11.3 Å². The van der Waals surface area contributed by atoms with Crippen LogP contribution >= 0.6 is 22.9 Å². The number of halogens is 1. The quantitative estimate of drug-likeness (QED) is 0.640. The third kappa shape index (κ3) is 5.83. The molecule has 2 fully saturated rings. The molecule has 0 saturated carbocycles. The molecule has 2 aliphatic rings. The monoisotopic (exact) mass is 413 g/mol. The Morgan fingerprint density at radius 1 is 1.33 bits per heavy atom. The van der Waals surface area contributed by atoms with Crippen LogP contribution < -0.4 is 0 Å². The average molecular weight is 414 g/mol. The first-order chi connectivity index (χ1) is 12.8. The van der Waals surface area contributed by atoms with Gasteiger partial charge in [-0.05, 0) is 38.1 Å². The molecule has 0 radical (unpaired) electrons. The highest BCUT2D eigenvalue weighted by atomic mass is 35.5. The standard InChI is InChI=1S/C20H32ClN3O2S/c1-16(2)13-22(3)9-4-10-24-15-20(26-19(24)25)7-11-23(12-8-20)14-17-5-6-18(21)27-17/h5-6,16H,4,7-15H2,1-3H3. The van der Waals surface area contributed by atoms with Crippen molar-refractivity contribution in [3.63, 3.8) is 0 Å². The van der Waals surface area contributed by atoms with E-state index in [4.69, 9.17) is 16.3 Å². The number of thiophene rings is 1. The lowest BCUT2D eigenvalue weighted by Gasteiger charge is -2.37. The number of carbonyl (C=O) groups is 1. The second-order valence-corrected chi connectivity index (χ2v) is 10.3. The maximum absolute atomic E-state index is 12.3. The van der Waals surface area contributed by atoms with Crippen LogP contribution in [0.5, 0.6) is 0 Å². The van der Waals surface area contributed by atoms with E-state index in [-0.39, 0.29) is 11.7 Å². The molecule has 0 aromatic carbocycles. The van der Waals surface area contributed by atoms with Crippen LogP contribution in [0.1, 0.15) is 38.0 Å². The maximum Gasteiger partial charge on any atom is 0.410 e. The van der Waals surface area contributed by atoms with E-state index in [0.29, 0.717) is 5.92 Å². The zero-order valence-electron chi connectivity index (χ0n) is 16.7. The van der Waals surface area contributed by atoms with E-state index in [2.05, 4.69) is 36.8 Å². The Balaban J connectivity index is 1.42. The summed E-state index contributed by atoms with van der Waals surface area (Å²) in [7, 11) is 2.15. The molecule has 152 valence electrons. The third-order valence-corrected chi connectivity index (χ3v) is 6.68. The van der Waals surface area contributed by atoms with Crippen LogP contribution in [0, 0.1) is 5.92 Å². The Labute approximate surface area is 172 Å². The number of carbonyl (C=O) groups excluding carboxylic acids is 1. The van der Waals surface area contributed by atoms with Gasteiger partial charge >= 0.3 is 6.09 Å². The minimum Gasteiger partial charge on any atom is -0.441 e. The summed E-state index contributed by atoms with van der Waals surface area (Å²) in [5.74, 6) is 0.672. The van der Waals surface area contributed by atoms with Crippen molar-refractivity contribution in [2.45, 2.75) is 45.3 Å². The first-order valence-corrected chi connectivity index (χ1v) is 11.2. The van der Waals surface area contributed by atoms with Crippen LogP contribution in [0.15, 0.2) is 12.1 Å². The molecule has 0 unspecified atom stereocenters. The molecule has 1 spiro atoms. The molecule has 0 N–H and O–H groups in total. The zero-order chi connectivity index (χ0) is 19.4. The van der Waals surface area contributed by atoms with E-state index < -0.39 is 0 Å². The van der Waals surface area contributed by atoms with E-state index in [0.717, 1.165) is 69.4 Å². The number of rotatable bonds is 8. The first-order valence-electron chi connectivity index (χ1n) is 9.98. The SMILES string of the molecule is CC(C)CN(C)CCCN1CC2(CCN(Cc3ccc(Cl)s3)CC2)OC1=O. The fourth-order valence-corrected chi connectivity index (χ4v) is 5.28. The topological polar surface area (TPSA) is 36.0 Å². The summed E-state index contributed by atoms with van der Waals surface area (Å²) in [5.41, 5.74) is -0.273. The molecule has 3 rings (SSSR count). The highest BCUT2D eigenvalue weighted by Crippen LogP contribution is 2.34. The van der Waals surface area contributed by atoms with Gasteiger partial charge in [0.15, 0.2) is 0 Å². The molecule has 2 aliphatic heterocycles. The van der Waals surface area contributed by atoms with Gasteiger partial charge in [-0.3, -0.25) is 4.90 Å². The molecule has 27 heavy (non-hydrogen) atoms. The van der Waals surface area contributed by atoms with Crippen molar-refractivity contribution >= 4 is 29.0 Å². The van der Waals surface area contributed by atoms with Gasteiger partial charge in [0.1, 0.15) is 5.60 Å². The molecule has 5 nitrogen and oxygen atoms in total. The van der Waals surface area contributed by atoms with E-state index in [1.165, 1.54) is 4.88 Å². The van der Waals surface area contributed by atoms with E-state index in [1.54, 1.807) is 11.3 Å². The van der Waals surface area contributed by atoms with Crippen molar-refractivity contribution in [3.05, 3.63) is 21.3 Å². The molecule has 7 heteroatoms. The maximum atomic E-state index is 12.3. The van der Waals surface area contributed by atoms with Crippen molar-refractivity contribution in [2.24, 2.45) is 5.92 Å². The Morgan fingerprint density at radius 3 is 2.70 bits per heavy atom. The minimum absolute atomic E-state index is 0.125. The molecule has 1 aromatic heterocycles. The molecule has 1 aromatic rings. The van der Waals surface area contributed by atoms with Crippen molar-refractivity contribution < 1.29 is 9.53 Å². The summed E-state index contributed by atoms with van der Waals surface area (Å²) in [6, 6.07) is 4.06. The van der Waals surface area contributed by atoms with Crippen LogP contribution in [0.4, 0.5) is 4.79 Å². The second kappa shape index (κ2) is 9.12. The van der Waals surface area contributed by atoms with Gasteiger partial charge in [0.2, 0.25) is 0 Å². The fraction of sp³-hybridized carbons (Fsp3) is 0.750. The fourth-order valence-electron chi connectivity index (χ4n) is 4.15. The first kappa shape index (κ1) is 20.9. The normalized spacial score (nSPS) is 20.2. The lowest BCUT2D eigenvalue weighted by Crippen LogP contribution is -2.46. The van der Waals surface area contributed by atoms with Gasteiger partial charge in [0.25, 0.3) is 0 Å². The van der Waals surface area contributed by atoms with E-state index >= 15 is 0 Å². The van der Waals surface area contributed by atoms with Crippen LogP contribution in [-0.4, -0.2) is 72.7 Å². The Bertz CT molecular complexity index is 628. The van der Waals surface area contributed by atoms with Gasteiger partial charge in [0, 0.05) is 50.4 Å². The van der Waals surface area contributed by atoms with Gasteiger partial charge in [-0.2, -0.15) is 0 Å².